The van der Waals surface area contributed by atoms with E-state index in [1.165, 1.54) is 12.1 Å². The summed E-state index contributed by atoms with van der Waals surface area (Å²) in [6, 6.07) is 3.55. The summed E-state index contributed by atoms with van der Waals surface area (Å²) < 4.78 is 26.0. The maximum absolute atomic E-state index is 13.0. The van der Waals surface area contributed by atoms with E-state index in [0.29, 0.717) is 18.2 Å². The quantitative estimate of drug-likeness (QED) is 0.786. The predicted octanol–water partition coefficient (Wildman–Crippen LogP) is 1.04. The highest BCUT2D eigenvalue weighted by molar-refractivity contribution is 5.78. The van der Waals surface area contributed by atoms with Crippen molar-refractivity contribution in [3.63, 3.8) is 0 Å². The zero-order valence-electron chi connectivity index (χ0n) is 11.1. The summed E-state index contributed by atoms with van der Waals surface area (Å²) in [6.45, 7) is 0.764. The summed E-state index contributed by atoms with van der Waals surface area (Å²) in [5.74, 6) is -1.53. The third-order valence-electron chi connectivity index (χ3n) is 3.21. The Morgan fingerprint density at radius 2 is 1.95 bits per heavy atom. The molecule has 0 spiro atoms. The molecular formula is C14H18F2N2O2. The molecule has 1 aliphatic rings. The third-order valence-corrected chi connectivity index (χ3v) is 3.21. The summed E-state index contributed by atoms with van der Waals surface area (Å²) in [4.78, 5) is 13.7. The van der Waals surface area contributed by atoms with E-state index < -0.39 is 11.6 Å². The van der Waals surface area contributed by atoms with Gasteiger partial charge in [-0.2, -0.15) is 0 Å². The van der Waals surface area contributed by atoms with Crippen molar-refractivity contribution in [1.82, 2.24) is 10.2 Å². The van der Waals surface area contributed by atoms with Crippen molar-refractivity contribution in [2.45, 2.75) is 25.4 Å². The zero-order valence-corrected chi connectivity index (χ0v) is 11.1. The normalized spacial score (nSPS) is 14.6. The Morgan fingerprint density at radius 3 is 2.50 bits per heavy atom. The molecule has 0 radical (unpaired) electrons. The number of nitrogens with one attached hydrogen (secondary N) is 1. The molecule has 1 aromatic carbocycles. The average Bonchev–Trinajstić information content (AvgIpc) is 3.19. The molecule has 2 rings (SSSR count). The average molecular weight is 284 g/mol. The van der Waals surface area contributed by atoms with Crippen molar-refractivity contribution >= 4 is 5.91 Å². The predicted molar refractivity (Wildman–Crippen MR) is 69.9 cm³/mol. The fraction of sp³-hybridized carbons (Fsp3) is 0.500. The summed E-state index contributed by atoms with van der Waals surface area (Å²) in [5.41, 5.74) is 0.385. The van der Waals surface area contributed by atoms with E-state index in [4.69, 9.17) is 5.11 Å². The molecule has 110 valence electrons. The Labute approximate surface area is 116 Å². The minimum absolute atomic E-state index is 0.0128. The van der Waals surface area contributed by atoms with E-state index in [-0.39, 0.29) is 25.6 Å². The van der Waals surface area contributed by atoms with Gasteiger partial charge >= 0.3 is 0 Å². The highest BCUT2D eigenvalue weighted by Gasteiger charge is 2.29. The standard InChI is InChI=1S/C14H18F2N2O2/c15-11-5-10(6-12(16)7-11)8-17-14(20)9-18(3-4-19)13-1-2-13/h5-7,13,19H,1-4,8-9H2,(H,17,20). The number of benzene rings is 1. The molecule has 1 fully saturated rings. The second kappa shape index (κ2) is 6.76. The number of carbonyl (C=O) groups is 1. The van der Waals surface area contributed by atoms with Gasteiger partial charge in [0, 0.05) is 25.2 Å². The first-order valence-electron chi connectivity index (χ1n) is 6.65. The lowest BCUT2D eigenvalue weighted by Crippen LogP contribution is -2.39. The van der Waals surface area contributed by atoms with Crippen molar-refractivity contribution in [2.24, 2.45) is 0 Å². The third kappa shape index (κ3) is 4.54. The second-order valence-corrected chi connectivity index (χ2v) is 4.98. The molecule has 0 atom stereocenters. The summed E-state index contributed by atoms with van der Waals surface area (Å²) in [7, 11) is 0. The molecule has 0 unspecified atom stereocenters. The van der Waals surface area contributed by atoms with Crippen LogP contribution in [0.5, 0.6) is 0 Å². The van der Waals surface area contributed by atoms with Gasteiger partial charge in [0.15, 0.2) is 0 Å². The topological polar surface area (TPSA) is 52.6 Å². The second-order valence-electron chi connectivity index (χ2n) is 4.98. The van der Waals surface area contributed by atoms with E-state index in [2.05, 4.69) is 5.32 Å². The van der Waals surface area contributed by atoms with Crippen molar-refractivity contribution in [3.8, 4) is 0 Å². The van der Waals surface area contributed by atoms with Crippen LogP contribution < -0.4 is 5.32 Å². The zero-order chi connectivity index (χ0) is 14.5. The van der Waals surface area contributed by atoms with Crippen LogP contribution in [0.3, 0.4) is 0 Å². The van der Waals surface area contributed by atoms with Crippen LogP contribution in [0.2, 0.25) is 0 Å². The van der Waals surface area contributed by atoms with Gasteiger partial charge < -0.3 is 10.4 Å². The number of amides is 1. The van der Waals surface area contributed by atoms with Gasteiger partial charge in [-0.25, -0.2) is 8.78 Å². The first-order valence-corrected chi connectivity index (χ1v) is 6.65. The number of aliphatic hydroxyl groups excluding tert-OH is 1. The number of nitrogens with zero attached hydrogens (tertiary/aromatic N) is 1. The van der Waals surface area contributed by atoms with Crippen LogP contribution in [0, 0.1) is 11.6 Å². The van der Waals surface area contributed by atoms with E-state index in [0.717, 1.165) is 18.9 Å². The highest BCUT2D eigenvalue weighted by atomic mass is 19.1. The van der Waals surface area contributed by atoms with Crippen molar-refractivity contribution < 1.29 is 18.7 Å². The van der Waals surface area contributed by atoms with Gasteiger partial charge in [0.25, 0.3) is 0 Å². The minimum Gasteiger partial charge on any atom is -0.395 e. The molecule has 1 aromatic rings. The highest BCUT2D eigenvalue weighted by Crippen LogP contribution is 2.25. The molecule has 4 nitrogen and oxygen atoms in total. The SMILES string of the molecule is O=C(CN(CCO)C1CC1)NCc1cc(F)cc(F)c1. The molecule has 6 heteroatoms. The molecule has 2 N–H and O–H groups in total. The first kappa shape index (κ1) is 14.9. The van der Waals surface area contributed by atoms with Crippen LogP contribution in [0.15, 0.2) is 18.2 Å². The van der Waals surface area contributed by atoms with Gasteiger partial charge in [0.05, 0.1) is 13.2 Å². The van der Waals surface area contributed by atoms with Crippen LogP contribution in [0.4, 0.5) is 8.78 Å². The fourth-order valence-electron chi connectivity index (χ4n) is 2.11. The van der Waals surface area contributed by atoms with Gasteiger partial charge in [-0.15, -0.1) is 0 Å². The van der Waals surface area contributed by atoms with Gasteiger partial charge in [-0.05, 0) is 30.5 Å². The number of hydrogen-bond acceptors (Lipinski definition) is 3. The summed E-state index contributed by atoms with van der Waals surface area (Å²) in [6.07, 6.45) is 2.09. The van der Waals surface area contributed by atoms with Crippen molar-refractivity contribution in [3.05, 3.63) is 35.4 Å². The Balaban J connectivity index is 1.81. The smallest absolute Gasteiger partial charge is 0.234 e. The Morgan fingerprint density at radius 1 is 1.30 bits per heavy atom. The van der Waals surface area contributed by atoms with E-state index in [1.54, 1.807) is 0 Å². The van der Waals surface area contributed by atoms with Crippen LogP contribution in [-0.4, -0.2) is 41.7 Å². The van der Waals surface area contributed by atoms with E-state index in [9.17, 15) is 13.6 Å². The van der Waals surface area contributed by atoms with Gasteiger partial charge in [-0.3, -0.25) is 9.69 Å². The van der Waals surface area contributed by atoms with Gasteiger partial charge in [0.2, 0.25) is 5.91 Å². The molecule has 1 aliphatic carbocycles. The van der Waals surface area contributed by atoms with Crippen LogP contribution in [0.25, 0.3) is 0 Å². The number of aliphatic hydroxyl groups is 1. The maximum Gasteiger partial charge on any atom is 0.234 e. The molecule has 0 aliphatic heterocycles. The number of carbonyl (C=O) groups excluding carboxylic acids is 1. The molecular weight excluding hydrogens is 266 g/mol. The van der Waals surface area contributed by atoms with E-state index >= 15 is 0 Å². The summed E-state index contributed by atoms with van der Waals surface area (Å²) >= 11 is 0. The number of rotatable bonds is 7. The molecule has 20 heavy (non-hydrogen) atoms. The maximum atomic E-state index is 13.0. The lowest BCUT2D eigenvalue weighted by molar-refractivity contribution is -0.122. The molecule has 0 heterocycles. The molecule has 0 aromatic heterocycles. The first-order chi connectivity index (χ1) is 9.58. The summed E-state index contributed by atoms with van der Waals surface area (Å²) in [5, 5.41) is 11.6. The Bertz CT molecular complexity index is 458. The lowest BCUT2D eigenvalue weighted by atomic mass is 10.2. The van der Waals surface area contributed by atoms with Gasteiger partial charge in [0.1, 0.15) is 11.6 Å². The monoisotopic (exact) mass is 284 g/mol. The fourth-order valence-corrected chi connectivity index (χ4v) is 2.11. The number of halogens is 2. The lowest BCUT2D eigenvalue weighted by Gasteiger charge is -2.20. The van der Waals surface area contributed by atoms with Crippen molar-refractivity contribution in [2.75, 3.05) is 19.7 Å². The van der Waals surface area contributed by atoms with Crippen LogP contribution >= 0.6 is 0 Å². The minimum atomic E-state index is -0.658. The largest absolute Gasteiger partial charge is 0.395 e. The van der Waals surface area contributed by atoms with Gasteiger partial charge in [-0.1, -0.05) is 0 Å². The van der Waals surface area contributed by atoms with Crippen LogP contribution in [-0.2, 0) is 11.3 Å². The molecule has 1 saturated carbocycles. The van der Waals surface area contributed by atoms with Crippen LogP contribution in [0.1, 0.15) is 18.4 Å². The number of hydrogen-bond donors (Lipinski definition) is 2. The Kier molecular flexibility index (Phi) is 5.03. The Hall–Kier alpha value is -1.53. The van der Waals surface area contributed by atoms with E-state index in [1.807, 2.05) is 4.90 Å². The molecule has 0 saturated heterocycles. The molecule has 0 bridgehead atoms. The van der Waals surface area contributed by atoms with Crippen molar-refractivity contribution in [1.29, 1.82) is 0 Å². The molecule has 1 amide bonds.